The molecular weight excluding hydrogens is 237 g/mol. The van der Waals surface area contributed by atoms with E-state index in [9.17, 15) is 24.1 Å². The number of carboxylic acid groups (broad SMARTS) is 2. The molecule has 0 saturated carbocycles. The summed E-state index contributed by atoms with van der Waals surface area (Å²) in [6.45, 7) is 0. The quantitative estimate of drug-likeness (QED) is 0.462. The minimum Gasteiger partial charge on any atom is -0.480 e. The zero-order valence-electron chi connectivity index (χ0n) is 8.16. The van der Waals surface area contributed by atoms with Crippen molar-refractivity contribution in [2.45, 2.75) is 5.92 Å². The summed E-state index contributed by atoms with van der Waals surface area (Å²) in [5.41, 5.74) is -1.21. The summed E-state index contributed by atoms with van der Waals surface area (Å²) in [6.07, 6.45) is 0. The van der Waals surface area contributed by atoms with Gasteiger partial charge in [0.2, 0.25) is 5.82 Å². The number of nitrogens with zero attached hydrogens (tertiary/aromatic N) is 1. The average Bonchev–Trinajstić information content (AvgIpc) is 2.15. The van der Waals surface area contributed by atoms with Gasteiger partial charge in [-0.25, -0.2) is 0 Å². The maximum Gasteiger partial charge on any atom is 0.322 e. The first kappa shape index (κ1) is 12.6. The van der Waals surface area contributed by atoms with E-state index in [0.717, 1.165) is 12.1 Å². The van der Waals surface area contributed by atoms with E-state index >= 15 is 0 Å². The smallest absolute Gasteiger partial charge is 0.322 e. The molecule has 0 radical (unpaired) electrons. The van der Waals surface area contributed by atoms with Crippen LogP contribution in [0.15, 0.2) is 18.2 Å². The molecule has 0 heterocycles. The lowest BCUT2D eigenvalue weighted by Crippen LogP contribution is -2.21. The van der Waals surface area contributed by atoms with E-state index in [1.807, 2.05) is 0 Å². The molecule has 8 heteroatoms. The summed E-state index contributed by atoms with van der Waals surface area (Å²) in [4.78, 5) is 30.6. The van der Waals surface area contributed by atoms with Crippen LogP contribution in [0, 0.1) is 15.9 Å². The summed E-state index contributed by atoms with van der Waals surface area (Å²) in [5, 5.41) is 27.6. The van der Waals surface area contributed by atoms with Gasteiger partial charge in [0.1, 0.15) is 0 Å². The third-order valence-corrected chi connectivity index (χ3v) is 2.00. The van der Waals surface area contributed by atoms with Crippen molar-refractivity contribution < 1.29 is 29.1 Å². The van der Waals surface area contributed by atoms with Gasteiger partial charge < -0.3 is 10.2 Å². The van der Waals surface area contributed by atoms with Crippen LogP contribution in [0.5, 0.6) is 0 Å². The number of hydrogen-bond donors (Lipinski definition) is 2. The number of nitro benzene ring substituents is 1. The van der Waals surface area contributed by atoms with Crippen molar-refractivity contribution in [2.24, 2.45) is 0 Å². The van der Waals surface area contributed by atoms with Crippen LogP contribution in [-0.2, 0) is 9.59 Å². The highest BCUT2D eigenvalue weighted by Gasteiger charge is 2.29. The Kier molecular flexibility index (Phi) is 3.37. The third kappa shape index (κ3) is 2.54. The molecule has 0 unspecified atom stereocenters. The van der Waals surface area contributed by atoms with Crippen molar-refractivity contribution in [3.05, 3.63) is 39.7 Å². The normalized spacial score (nSPS) is 10.2. The molecule has 1 rings (SSSR count). The van der Waals surface area contributed by atoms with Crippen LogP contribution in [-0.4, -0.2) is 27.1 Å². The topological polar surface area (TPSA) is 118 Å². The molecule has 0 aliphatic heterocycles. The molecular formula is C9H6FNO6. The molecule has 0 aliphatic rings. The number of benzene rings is 1. The second-order valence-electron chi connectivity index (χ2n) is 3.08. The van der Waals surface area contributed by atoms with Crippen LogP contribution in [0.2, 0.25) is 0 Å². The first-order valence-corrected chi connectivity index (χ1v) is 4.24. The number of hydrogen-bond acceptors (Lipinski definition) is 4. The summed E-state index contributed by atoms with van der Waals surface area (Å²) in [5.74, 6) is -6.58. The summed E-state index contributed by atoms with van der Waals surface area (Å²) < 4.78 is 13.2. The Morgan fingerprint density at radius 1 is 1.29 bits per heavy atom. The number of rotatable bonds is 4. The van der Waals surface area contributed by atoms with Crippen molar-refractivity contribution in [3.8, 4) is 0 Å². The van der Waals surface area contributed by atoms with Crippen molar-refractivity contribution in [2.75, 3.05) is 0 Å². The highest BCUT2D eigenvalue weighted by molar-refractivity contribution is 5.99. The van der Waals surface area contributed by atoms with Gasteiger partial charge in [-0.1, -0.05) is 6.07 Å². The lowest BCUT2D eigenvalue weighted by Gasteiger charge is -2.07. The number of nitro groups is 1. The SMILES string of the molecule is O=C(O)C(C(=O)O)c1ccc([N+](=O)[O-])c(F)c1. The first-order valence-electron chi connectivity index (χ1n) is 4.24. The highest BCUT2D eigenvalue weighted by atomic mass is 19.1. The number of aliphatic carboxylic acids is 2. The standard InChI is InChI=1S/C9H6FNO6/c10-5-3-4(1-2-6(5)11(16)17)7(8(12)13)9(14)15/h1-3,7H,(H,12,13)(H,14,15). The van der Waals surface area contributed by atoms with Crippen LogP contribution < -0.4 is 0 Å². The average molecular weight is 243 g/mol. The van der Waals surface area contributed by atoms with E-state index in [1.165, 1.54) is 0 Å². The summed E-state index contributed by atoms with van der Waals surface area (Å²) >= 11 is 0. The fourth-order valence-corrected chi connectivity index (χ4v) is 1.24. The molecule has 2 N–H and O–H groups in total. The molecule has 17 heavy (non-hydrogen) atoms. The molecule has 0 fully saturated rings. The number of halogens is 1. The molecule has 0 aromatic heterocycles. The largest absolute Gasteiger partial charge is 0.480 e. The minimum absolute atomic E-state index is 0.367. The van der Waals surface area contributed by atoms with Crippen LogP contribution in [0.25, 0.3) is 0 Å². The van der Waals surface area contributed by atoms with Crippen LogP contribution in [0.1, 0.15) is 11.5 Å². The molecule has 0 bridgehead atoms. The molecule has 0 spiro atoms. The van der Waals surface area contributed by atoms with Crippen LogP contribution in [0.4, 0.5) is 10.1 Å². The second-order valence-corrected chi connectivity index (χ2v) is 3.08. The Morgan fingerprint density at radius 3 is 2.18 bits per heavy atom. The molecule has 0 aliphatic carbocycles. The lowest BCUT2D eigenvalue weighted by molar-refractivity contribution is -0.387. The molecule has 1 aromatic rings. The van der Waals surface area contributed by atoms with Crippen molar-refractivity contribution >= 4 is 17.6 Å². The second kappa shape index (κ2) is 4.56. The maximum atomic E-state index is 13.2. The third-order valence-electron chi connectivity index (χ3n) is 2.00. The van der Waals surface area contributed by atoms with E-state index < -0.39 is 34.3 Å². The molecule has 0 saturated heterocycles. The lowest BCUT2D eigenvalue weighted by atomic mass is 9.99. The van der Waals surface area contributed by atoms with E-state index in [0.29, 0.717) is 6.07 Å². The Hall–Kier alpha value is -2.51. The first-order chi connectivity index (χ1) is 7.84. The predicted molar refractivity (Wildman–Crippen MR) is 51.1 cm³/mol. The Balaban J connectivity index is 3.24. The number of carbonyl (C=O) groups is 2. The molecule has 7 nitrogen and oxygen atoms in total. The van der Waals surface area contributed by atoms with Gasteiger partial charge in [0.15, 0.2) is 5.92 Å². The zero-order valence-corrected chi connectivity index (χ0v) is 8.16. The van der Waals surface area contributed by atoms with E-state index in [-0.39, 0.29) is 5.56 Å². The van der Waals surface area contributed by atoms with Gasteiger partial charge in [0, 0.05) is 6.07 Å². The zero-order chi connectivity index (χ0) is 13.2. The van der Waals surface area contributed by atoms with Gasteiger partial charge in [-0.2, -0.15) is 4.39 Å². The van der Waals surface area contributed by atoms with Gasteiger partial charge in [0.05, 0.1) is 4.92 Å². The highest BCUT2D eigenvalue weighted by Crippen LogP contribution is 2.23. The van der Waals surface area contributed by atoms with E-state index in [2.05, 4.69) is 0 Å². The monoisotopic (exact) mass is 243 g/mol. The Morgan fingerprint density at radius 2 is 1.82 bits per heavy atom. The maximum absolute atomic E-state index is 13.2. The van der Waals surface area contributed by atoms with Gasteiger partial charge in [-0.05, 0) is 11.6 Å². The fourth-order valence-electron chi connectivity index (χ4n) is 1.24. The Bertz CT molecular complexity index is 486. The van der Waals surface area contributed by atoms with Gasteiger partial charge in [-0.3, -0.25) is 19.7 Å². The molecule has 0 atom stereocenters. The van der Waals surface area contributed by atoms with Gasteiger partial charge in [0.25, 0.3) is 0 Å². The number of carboxylic acids is 2. The molecule has 1 aromatic carbocycles. The fraction of sp³-hybridized carbons (Fsp3) is 0.111. The van der Waals surface area contributed by atoms with E-state index in [1.54, 1.807) is 0 Å². The minimum atomic E-state index is -1.95. The van der Waals surface area contributed by atoms with Gasteiger partial charge in [-0.15, -0.1) is 0 Å². The van der Waals surface area contributed by atoms with Crippen molar-refractivity contribution in [1.82, 2.24) is 0 Å². The van der Waals surface area contributed by atoms with Crippen LogP contribution in [0.3, 0.4) is 0 Å². The summed E-state index contributed by atoms with van der Waals surface area (Å²) in [6, 6.07) is 2.16. The summed E-state index contributed by atoms with van der Waals surface area (Å²) in [7, 11) is 0. The predicted octanol–water partition coefficient (Wildman–Crippen LogP) is 0.987. The van der Waals surface area contributed by atoms with Crippen LogP contribution >= 0.6 is 0 Å². The van der Waals surface area contributed by atoms with Gasteiger partial charge >= 0.3 is 17.6 Å². The van der Waals surface area contributed by atoms with Crippen molar-refractivity contribution in [3.63, 3.8) is 0 Å². The molecule has 0 amide bonds. The van der Waals surface area contributed by atoms with E-state index in [4.69, 9.17) is 10.2 Å². The van der Waals surface area contributed by atoms with Crippen molar-refractivity contribution in [1.29, 1.82) is 0 Å². The molecule has 90 valence electrons. The Labute approximate surface area is 93.3 Å².